The van der Waals surface area contributed by atoms with Crippen LogP contribution in [-0.4, -0.2) is 28.6 Å². The van der Waals surface area contributed by atoms with E-state index in [-0.39, 0.29) is 12.6 Å². The van der Waals surface area contributed by atoms with Crippen LogP contribution < -0.4 is 0 Å². The topological polar surface area (TPSA) is 49.5 Å². The molecule has 3 rings (SSSR count). The lowest BCUT2D eigenvalue weighted by Gasteiger charge is -2.27. The third-order valence-electron chi connectivity index (χ3n) is 3.85. The highest BCUT2D eigenvalue weighted by Crippen LogP contribution is 2.27. The minimum absolute atomic E-state index is 0.168. The Morgan fingerprint density at radius 3 is 2.78 bits per heavy atom. The number of thiazole rings is 1. The van der Waals surface area contributed by atoms with Gasteiger partial charge in [0, 0.05) is 30.1 Å². The Morgan fingerprint density at radius 1 is 1.26 bits per heavy atom. The zero-order valence-corrected chi connectivity index (χ0v) is 13.9. The van der Waals surface area contributed by atoms with E-state index in [2.05, 4.69) is 34.4 Å². The summed E-state index contributed by atoms with van der Waals surface area (Å²) in [4.78, 5) is 6.92. The molecular formula is C18H20N2O2S. The van der Waals surface area contributed by atoms with Gasteiger partial charge in [-0.3, -0.25) is 4.90 Å². The molecule has 120 valence electrons. The van der Waals surface area contributed by atoms with Crippen molar-refractivity contribution in [3.05, 3.63) is 65.6 Å². The van der Waals surface area contributed by atoms with Crippen LogP contribution in [-0.2, 0) is 6.54 Å². The summed E-state index contributed by atoms with van der Waals surface area (Å²) in [6.45, 7) is 0.912. The van der Waals surface area contributed by atoms with Crippen molar-refractivity contribution in [1.82, 2.24) is 9.88 Å². The van der Waals surface area contributed by atoms with Crippen LogP contribution in [0, 0.1) is 0 Å². The fourth-order valence-electron chi connectivity index (χ4n) is 2.70. The largest absolute Gasteiger partial charge is 0.472 e. The first-order chi connectivity index (χ1) is 11.3. The molecular weight excluding hydrogens is 308 g/mol. The lowest BCUT2D eigenvalue weighted by atomic mass is 10.0. The number of furan rings is 1. The Kier molecular flexibility index (Phi) is 5.23. The van der Waals surface area contributed by atoms with Crippen LogP contribution in [0.3, 0.4) is 0 Å². The van der Waals surface area contributed by atoms with E-state index < -0.39 is 0 Å². The molecule has 0 spiro atoms. The predicted octanol–water partition coefficient (Wildman–Crippen LogP) is 3.96. The summed E-state index contributed by atoms with van der Waals surface area (Å²) >= 11 is 1.62. The first kappa shape index (κ1) is 15.9. The van der Waals surface area contributed by atoms with Crippen molar-refractivity contribution < 1.29 is 9.52 Å². The third kappa shape index (κ3) is 3.88. The van der Waals surface area contributed by atoms with Crippen molar-refractivity contribution >= 4 is 11.3 Å². The fraction of sp³-hybridized carbons (Fsp3) is 0.278. The minimum Gasteiger partial charge on any atom is -0.472 e. The zero-order chi connectivity index (χ0) is 16.1. The maximum absolute atomic E-state index is 9.39. The molecule has 0 radical (unpaired) electrons. The summed E-state index contributed by atoms with van der Waals surface area (Å²) in [6.07, 6.45) is 4.08. The van der Waals surface area contributed by atoms with Gasteiger partial charge in [0.05, 0.1) is 12.0 Å². The second kappa shape index (κ2) is 7.55. The van der Waals surface area contributed by atoms with Crippen LogP contribution in [0.2, 0.25) is 0 Å². The van der Waals surface area contributed by atoms with E-state index in [0.717, 1.165) is 22.8 Å². The number of aliphatic hydroxyl groups is 1. The van der Waals surface area contributed by atoms with Gasteiger partial charge in [-0.1, -0.05) is 30.3 Å². The molecule has 4 nitrogen and oxygen atoms in total. The lowest BCUT2D eigenvalue weighted by molar-refractivity contribution is 0.179. The molecule has 0 aliphatic heterocycles. The second-order valence-electron chi connectivity index (χ2n) is 5.51. The SMILES string of the molecule is CN(Cc1csc(-c2ccoc2)n1)C(CCO)c1ccccc1. The number of benzene rings is 1. The average molecular weight is 328 g/mol. The maximum Gasteiger partial charge on any atom is 0.126 e. The Bertz CT molecular complexity index is 710. The molecule has 0 aliphatic rings. The Morgan fingerprint density at radius 2 is 2.09 bits per heavy atom. The van der Waals surface area contributed by atoms with Gasteiger partial charge in [-0.05, 0) is 25.1 Å². The minimum atomic E-state index is 0.168. The molecule has 0 bridgehead atoms. The predicted molar refractivity (Wildman–Crippen MR) is 92.2 cm³/mol. The Hall–Kier alpha value is -1.95. The molecule has 5 heteroatoms. The summed E-state index contributed by atoms with van der Waals surface area (Å²) in [5.74, 6) is 0. The van der Waals surface area contributed by atoms with E-state index in [1.807, 2.05) is 24.3 Å². The molecule has 1 atom stereocenters. The van der Waals surface area contributed by atoms with Gasteiger partial charge in [0.1, 0.15) is 11.3 Å². The molecule has 0 fully saturated rings. The number of hydrogen-bond acceptors (Lipinski definition) is 5. The van der Waals surface area contributed by atoms with Gasteiger partial charge in [-0.15, -0.1) is 11.3 Å². The van der Waals surface area contributed by atoms with Gasteiger partial charge in [-0.25, -0.2) is 4.98 Å². The molecule has 2 heterocycles. The normalized spacial score (nSPS) is 12.7. The highest BCUT2D eigenvalue weighted by Gasteiger charge is 2.18. The van der Waals surface area contributed by atoms with Crippen molar-refractivity contribution in [1.29, 1.82) is 0 Å². The van der Waals surface area contributed by atoms with Crippen LogP contribution in [0.1, 0.15) is 23.7 Å². The molecule has 0 saturated carbocycles. The molecule has 0 amide bonds. The summed E-state index contributed by atoms with van der Waals surface area (Å²) in [5, 5.41) is 12.4. The molecule has 1 aromatic carbocycles. The number of rotatable bonds is 7. The molecule has 0 aliphatic carbocycles. The monoisotopic (exact) mass is 328 g/mol. The number of nitrogens with zero attached hydrogens (tertiary/aromatic N) is 2. The van der Waals surface area contributed by atoms with Crippen LogP contribution in [0.4, 0.5) is 0 Å². The van der Waals surface area contributed by atoms with E-state index in [1.165, 1.54) is 5.56 Å². The first-order valence-corrected chi connectivity index (χ1v) is 8.49. The molecule has 2 aromatic heterocycles. The Labute approximate surface area is 140 Å². The van der Waals surface area contributed by atoms with Crippen molar-refractivity contribution in [3.8, 4) is 10.6 Å². The van der Waals surface area contributed by atoms with Crippen molar-refractivity contribution in [2.45, 2.75) is 19.0 Å². The van der Waals surface area contributed by atoms with Crippen LogP contribution in [0.15, 0.2) is 58.7 Å². The van der Waals surface area contributed by atoms with E-state index in [9.17, 15) is 5.11 Å². The molecule has 23 heavy (non-hydrogen) atoms. The highest BCUT2D eigenvalue weighted by molar-refractivity contribution is 7.13. The smallest absolute Gasteiger partial charge is 0.126 e. The summed E-state index contributed by atoms with van der Waals surface area (Å²) in [6, 6.07) is 12.4. The van der Waals surface area contributed by atoms with E-state index in [1.54, 1.807) is 23.9 Å². The van der Waals surface area contributed by atoms with Crippen molar-refractivity contribution in [2.24, 2.45) is 0 Å². The van der Waals surface area contributed by atoms with E-state index in [4.69, 9.17) is 4.42 Å². The average Bonchev–Trinajstić information content (AvgIpc) is 3.24. The molecule has 3 aromatic rings. The van der Waals surface area contributed by atoms with Crippen LogP contribution >= 0.6 is 11.3 Å². The lowest BCUT2D eigenvalue weighted by Crippen LogP contribution is -2.25. The number of hydrogen-bond donors (Lipinski definition) is 1. The zero-order valence-electron chi connectivity index (χ0n) is 13.1. The fourth-order valence-corrected chi connectivity index (χ4v) is 3.50. The third-order valence-corrected chi connectivity index (χ3v) is 4.79. The molecule has 1 N–H and O–H groups in total. The van der Waals surface area contributed by atoms with E-state index in [0.29, 0.717) is 6.42 Å². The van der Waals surface area contributed by atoms with Gasteiger partial charge in [0.2, 0.25) is 0 Å². The summed E-state index contributed by atoms with van der Waals surface area (Å²) in [7, 11) is 2.07. The highest BCUT2D eigenvalue weighted by atomic mass is 32.1. The first-order valence-electron chi connectivity index (χ1n) is 7.61. The maximum atomic E-state index is 9.39. The van der Waals surface area contributed by atoms with Crippen LogP contribution in [0.25, 0.3) is 10.6 Å². The van der Waals surface area contributed by atoms with Crippen molar-refractivity contribution in [2.75, 3.05) is 13.7 Å². The van der Waals surface area contributed by atoms with Gasteiger partial charge < -0.3 is 9.52 Å². The van der Waals surface area contributed by atoms with Gasteiger partial charge in [0.25, 0.3) is 0 Å². The molecule has 0 saturated heterocycles. The Balaban J connectivity index is 1.73. The molecule has 1 unspecified atom stereocenters. The van der Waals surface area contributed by atoms with Gasteiger partial charge >= 0.3 is 0 Å². The second-order valence-corrected chi connectivity index (χ2v) is 6.37. The summed E-state index contributed by atoms with van der Waals surface area (Å²) in [5.41, 5.74) is 3.26. The number of aliphatic hydroxyl groups excluding tert-OH is 1. The van der Waals surface area contributed by atoms with Crippen LogP contribution in [0.5, 0.6) is 0 Å². The van der Waals surface area contributed by atoms with Gasteiger partial charge in [0.15, 0.2) is 0 Å². The summed E-state index contributed by atoms with van der Waals surface area (Å²) < 4.78 is 5.12. The van der Waals surface area contributed by atoms with Gasteiger partial charge in [-0.2, -0.15) is 0 Å². The number of aromatic nitrogens is 1. The standard InChI is InChI=1S/C18H20N2O2S/c1-20(17(7-9-21)14-5-3-2-4-6-14)11-16-13-23-18(19-16)15-8-10-22-12-15/h2-6,8,10,12-13,17,21H,7,9,11H2,1H3. The quantitative estimate of drug-likeness (QED) is 0.713. The van der Waals surface area contributed by atoms with Crippen molar-refractivity contribution in [3.63, 3.8) is 0 Å². The van der Waals surface area contributed by atoms with E-state index >= 15 is 0 Å².